The fraction of sp³-hybridized carbons (Fsp3) is 0.417. The molecule has 1 aliphatic rings. The molecule has 4 heteroatoms. The molecule has 0 unspecified atom stereocenters. The van der Waals surface area contributed by atoms with Crippen LogP contribution in [0.3, 0.4) is 0 Å². The van der Waals surface area contributed by atoms with Gasteiger partial charge in [-0.05, 0) is 36.1 Å². The minimum absolute atomic E-state index is 0.0647. The second kappa shape index (κ2) is 4.23. The summed E-state index contributed by atoms with van der Waals surface area (Å²) in [4.78, 5) is 16.0. The largest absolute Gasteiger partial charge is 0.325 e. The van der Waals surface area contributed by atoms with Gasteiger partial charge in [0.15, 0.2) is 0 Å². The molecule has 86 valence electrons. The molecule has 1 amide bonds. The number of amides is 1. The quantitative estimate of drug-likeness (QED) is 0.753. The molecule has 4 nitrogen and oxygen atoms in total. The maximum atomic E-state index is 11.4. The average molecular weight is 220 g/mol. The van der Waals surface area contributed by atoms with E-state index < -0.39 is 0 Å². The maximum absolute atomic E-state index is 11.4. The smallest absolute Gasteiger partial charge is 0.228 e. The number of nitrogens with two attached hydrogens (primary N) is 1. The highest BCUT2D eigenvalue weighted by atomic mass is 16.6. The minimum atomic E-state index is 0.0647. The molecule has 0 spiro atoms. The summed E-state index contributed by atoms with van der Waals surface area (Å²) in [6, 6.07) is 2.08. The first kappa shape index (κ1) is 11.1. The highest BCUT2D eigenvalue weighted by molar-refractivity contribution is 6.00. The van der Waals surface area contributed by atoms with Crippen LogP contribution in [0.4, 0.5) is 5.69 Å². The zero-order valence-electron chi connectivity index (χ0n) is 9.59. The van der Waals surface area contributed by atoms with E-state index in [-0.39, 0.29) is 5.91 Å². The lowest BCUT2D eigenvalue weighted by molar-refractivity contribution is -0.115. The lowest BCUT2D eigenvalue weighted by atomic mass is 9.95. The number of aryl methyl sites for hydroxylation is 1. The zero-order chi connectivity index (χ0) is 11.7. The highest BCUT2D eigenvalue weighted by Gasteiger charge is 2.22. The standard InChI is InChI=1S/C12H16N2O2/c1-7-5-9-6-11(15)14-12(9)10(8(7)2)3-4-16-13/h5H,3-4,6,13H2,1-2H3,(H,14,15). The second-order valence-electron chi connectivity index (χ2n) is 4.18. The summed E-state index contributed by atoms with van der Waals surface area (Å²) in [6.45, 7) is 4.59. The zero-order valence-corrected chi connectivity index (χ0v) is 9.59. The molecular weight excluding hydrogens is 204 g/mol. The van der Waals surface area contributed by atoms with Crippen LogP contribution in [0.1, 0.15) is 22.3 Å². The van der Waals surface area contributed by atoms with Crippen LogP contribution < -0.4 is 11.2 Å². The van der Waals surface area contributed by atoms with E-state index in [1.54, 1.807) is 0 Å². The fourth-order valence-electron chi connectivity index (χ4n) is 2.19. The maximum Gasteiger partial charge on any atom is 0.228 e. The first-order valence-corrected chi connectivity index (χ1v) is 5.37. The van der Waals surface area contributed by atoms with Crippen molar-refractivity contribution in [3.8, 4) is 0 Å². The van der Waals surface area contributed by atoms with Crippen molar-refractivity contribution in [1.82, 2.24) is 0 Å². The van der Waals surface area contributed by atoms with Gasteiger partial charge in [0.05, 0.1) is 13.0 Å². The van der Waals surface area contributed by atoms with Crippen molar-refractivity contribution in [2.75, 3.05) is 11.9 Å². The number of carbonyl (C=O) groups is 1. The summed E-state index contributed by atoms with van der Waals surface area (Å²) in [5.74, 6) is 5.11. The van der Waals surface area contributed by atoms with Crippen molar-refractivity contribution < 1.29 is 9.63 Å². The van der Waals surface area contributed by atoms with Gasteiger partial charge >= 0.3 is 0 Å². The Morgan fingerprint density at radius 2 is 2.25 bits per heavy atom. The number of fused-ring (bicyclic) bond motifs is 1. The molecule has 0 aromatic heterocycles. The van der Waals surface area contributed by atoms with Gasteiger partial charge in [0, 0.05) is 12.1 Å². The van der Waals surface area contributed by atoms with Crippen molar-refractivity contribution in [2.24, 2.45) is 5.90 Å². The number of hydrogen-bond donors (Lipinski definition) is 2. The molecule has 16 heavy (non-hydrogen) atoms. The number of benzene rings is 1. The Morgan fingerprint density at radius 1 is 1.50 bits per heavy atom. The summed E-state index contributed by atoms with van der Waals surface area (Å²) < 4.78 is 0. The average Bonchev–Trinajstić information content (AvgIpc) is 2.59. The van der Waals surface area contributed by atoms with Gasteiger partial charge in [0.2, 0.25) is 5.91 Å². The summed E-state index contributed by atoms with van der Waals surface area (Å²) in [5.41, 5.74) is 5.61. The summed E-state index contributed by atoms with van der Waals surface area (Å²) >= 11 is 0. The van der Waals surface area contributed by atoms with Crippen LogP contribution in [-0.4, -0.2) is 12.5 Å². The first-order chi connectivity index (χ1) is 7.63. The molecule has 0 bridgehead atoms. The van der Waals surface area contributed by atoms with Crippen LogP contribution >= 0.6 is 0 Å². The van der Waals surface area contributed by atoms with E-state index >= 15 is 0 Å². The fourth-order valence-corrected chi connectivity index (χ4v) is 2.19. The Kier molecular flexibility index (Phi) is 2.94. The van der Waals surface area contributed by atoms with Gasteiger partial charge in [0.1, 0.15) is 0 Å². The Balaban J connectivity index is 2.45. The van der Waals surface area contributed by atoms with Crippen LogP contribution in [0, 0.1) is 13.8 Å². The number of carbonyl (C=O) groups excluding carboxylic acids is 1. The molecule has 1 aliphatic heterocycles. The van der Waals surface area contributed by atoms with Crippen molar-refractivity contribution >= 4 is 11.6 Å². The highest BCUT2D eigenvalue weighted by Crippen LogP contribution is 2.32. The molecule has 0 atom stereocenters. The van der Waals surface area contributed by atoms with E-state index in [0.29, 0.717) is 13.0 Å². The Morgan fingerprint density at radius 3 is 2.94 bits per heavy atom. The van der Waals surface area contributed by atoms with E-state index in [1.165, 1.54) is 11.1 Å². The third-order valence-corrected chi connectivity index (χ3v) is 3.14. The van der Waals surface area contributed by atoms with Crippen molar-refractivity contribution in [1.29, 1.82) is 0 Å². The van der Waals surface area contributed by atoms with E-state index in [9.17, 15) is 4.79 Å². The minimum Gasteiger partial charge on any atom is -0.325 e. The molecule has 1 heterocycles. The SMILES string of the molecule is Cc1cc2c(c(CCON)c1C)NC(=O)C2. The van der Waals surface area contributed by atoms with Gasteiger partial charge in [-0.2, -0.15) is 0 Å². The molecule has 2 rings (SSSR count). The van der Waals surface area contributed by atoms with Crippen LogP contribution in [0.2, 0.25) is 0 Å². The van der Waals surface area contributed by atoms with Crippen LogP contribution in [-0.2, 0) is 22.5 Å². The van der Waals surface area contributed by atoms with Crippen LogP contribution in [0.25, 0.3) is 0 Å². The van der Waals surface area contributed by atoms with Gasteiger partial charge in [-0.25, -0.2) is 5.90 Å². The normalized spacial score (nSPS) is 13.8. The predicted octanol–water partition coefficient (Wildman–Crippen LogP) is 1.23. The van der Waals surface area contributed by atoms with Gasteiger partial charge in [-0.3, -0.25) is 4.79 Å². The van der Waals surface area contributed by atoms with E-state index in [2.05, 4.69) is 30.1 Å². The molecule has 0 aliphatic carbocycles. The van der Waals surface area contributed by atoms with Gasteiger partial charge < -0.3 is 10.2 Å². The van der Waals surface area contributed by atoms with E-state index in [4.69, 9.17) is 5.90 Å². The molecule has 0 saturated carbocycles. The topological polar surface area (TPSA) is 64.3 Å². The summed E-state index contributed by atoms with van der Waals surface area (Å²) in [5, 5.41) is 2.91. The number of rotatable bonds is 3. The Bertz CT molecular complexity index is 441. The van der Waals surface area contributed by atoms with Gasteiger partial charge in [-0.1, -0.05) is 6.07 Å². The number of anilines is 1. The number of nitrogens with one attached hydrogen (secondary N) is 1. The van der Waals surface area contributed by atoms with Gasteiger partial charge in [0.25, 0.3) is 0 Å². The van der Waals surface area contributed by atoms with Crippen LogP contribution in [0.15, 0.2) is 6.07 Å². The molecule has 0 radical (unpaired) electrons. The second-order valence-corrected chi connectivity index (χ2v) is 4.18. The molecule has 1 aromatic carbocycles. The third-order valence-electron chi connectivity index (χ3n) is 3.14. The lowest BCUT2D eigenvalue weighted by Gasteiger charge is -2.13. The molecule has 0 saturated heterocycles. The van der Waals surface area contributed by atoms with Crippen LogP contribution in [0.5, 0.6) is 0 Å². The summed E-state index contributed by atoms with van der Waals surface area (Å²) in [6.07, 6.45) is 1.21. The van der Waals surface area contributed by atoms with Crippen molar-refractivity contribution in [3.05, 3.63) is 28.3 Å². The molecular formula is C12H16N2O2. The predicted molar refractivity (Wildman–Crippen MR) is 62.1 cm³/mol. The van der Waals surface area contributed by atoms with Crippen molar-refractivity contribution in [3.63, 3.8) is 0 Å². The summed E-state index contributed by atoms with van der Waals surface area (Å²) in [7, 11) is 0. The monoisotopic (exact) mass is 220 g/mol. The Hall–Kier alpha value is -1.39. The first-order valence-electron chi connectivity index (χ1n) is 5.37. The molecule has 1 aromatic rings. The third kappa shape index (κ3) is 1.81. The van der Waals surface area contributed by atoms with E-state index in [0.717, 1.165) is 23.2 Å². The van der Waals surface area contributed by atoms with Crippen molar-refractivity contribution in [2.45, 2.75) is 26.7 Å². The molecule has 3 N–H and O–H groups in total. The van der Waals surface area contributed by atoms with Gasteiger partial charge in [-0.15, -0.1) is 0 Å². The lowest BCUT2D eigenvalue weighted by Crippen LogP contribution is -2.09. The molecule has 0 fully saturated rings. The van der Waals surface area contributed by atoms with E-state index in [1.807, 2.05) is 0 Å². The Labute approximate surface area is 94.7 Å². The number of hydrogen-bond acceptors (Lipinski definition) is 3.